The summed E-state index contributed by atoms with van der Waals surface area (Å²) in [6, 6.07) is 11.8. The number of nitrogens with one attached hydrogen (secondary N) is 1. The number of morpholine rings is 1. The molecule has 0 aromatic heterocycles. The number of carbonyl (C=O) groups is 1. The molecule has 0 unspecified atom stereocenters. The second kappa shape index (κ2) is 8.83. The van der Waals surface area contributed by atoms with E-state index in [2.05, 4.69) is 5.32 Å². The maximum atomic E-state index is 12.8. The van der Waals surface area contributed by atoms with Gasteiger partial charge in [0.05, 0.1) is 18.1 Å². The van der Waals surface area contributed by atoms with E-state index in [1.165, 1.54) is 16.4 Å². The Morgan fingerprint density at radius 3 is 2.46 bits per heavy atom. The molecule has 2 aromatic carbocycles. The predicted octanol–water partition coefficient (Wildman–Crippen LogP) is 1.80. The van der Waals surface area contributed by atoms with E-state index in [-0.39, 0.29) is 17.4 Å². The van der Waals surface area contributed by atoms with Crippen LogP contribution in [0.4, 0.5) is 5.69 Å². The molecule has 1 heterocycles. The maximum absolute atomic E-state index is 12.8. The Bertz CT molecular complexity index is 936. The lowest BCUT2D eigenvalue weighted by Gasteiger charge is -2.26. The van der Waals surface area contributed by atoms with Gasteiger partial charge in [-0.1, -0.05) is 18.2 Å². The molecule has 8 heteroatoms. The lowest BCUT2D eigenvalue weighted by atomic mass is 10.1. The summed E-state index contributed by atoms with van der Waals surface area (Å²) in [5.41, 5.74) is 2.58. The summed E-state index contributed by atoms with van der Waals surface area (Å²) in [5, 5.41) is 11.8. The van der Waals surface area contributed by atoms with E-state index in [1.54, 1.807) is 25.1 Å². The Hall–Kier alpha value is -2.26. The summed E-state index contributed by atoms with van der Waals surface area (Å²) in [7, 11) is -3.67. The highest BCUT2D eigenvalue weighted by Crippen LogP contribution is 2.22. The van der Waals surface area contributed by atoms with E-state index in [4.69, 9.17) is 9.84 Å². The summed E-state index contributed by atoms with van der Waals surface area (Å²) in [6.07, 6.45) is 0.550. The number of anilines is 1. The minimum atomic E-state index is -3.67. The summed E-state index contributed by atoms with van der Waals surface area (Å²) in [6.45, 7) is 3.17. The van der Waals surface area contributed by atoms with E-state index in [1.807, 2.05) is 12.1 Å². The van der Waals surface area contributed by atoms with E-state index in [9.17, 15) is 13.2 Å². The Labute approximate surface area is 165 Å². The second-order valence-corrected chi connectivity index (χ2v) is 8.56. The van der Waals surface area contributed by atoms with Gasteiger partial charge in [-0.15, -0.1) is 0 Å². The molecular formula is C20H24N2O5S. The molecule has 0 bridgehead atoms. The average Bonchev–Trinajstić information content (AvgIpc) is 2.70. The number of aliphatic hydroxyl groups is 1. The zero-order valence-electron chi connectivity index (χ0n) is 15.7. The van der Waals surface area contributed by atoms with Crippen molar-refractivity contribution in [2.45, 2.75) is 18.2 Å². The van der Waals surface area contributed by atoms with Crippen molar-refractivity contribution in [3.05, 3.63) is 59.2 Å². The van der Waals surface area contributed by atoms with Crippen LogP contribution in [-0.2, 0) is 21.2 Å². The van der Waals surface area contributed by atoms with Crippen LogP contribution in [0.1, 0.15) is 21.5 Å². The molecule has 1 aliphatic rings. The van der Waals surface area contributed by atoms with Crippen LogP contribution in [-0.4, -0.2) is 56.6 Å². The molecule has 0 radical (unpaired) electrons. The number of aliphatic hydroxyl groups excluding tert-OH is 1. The molecule has 1 saturated heterocycles. The molecule has 1 fully saturated rings. The highest BCUT2D eigenvalue weighted by molar-refractivity contribution is 7.89. The standard InChI is InChI=1S/C20H24N2O5S/c1-15-2-7-18(28(25,26)22-9-12-27-13-10-22)14-19(15)20(24)21-17-5-3-16(4-6-17)8-11-23/h2-7,14,23H,8-13H2,1H3,(H,21,24). The lowest BCUT2D eigenvalue weighted by molar-refractivity contribution is 0.0730. The van der Waals surface area contributed by atoms with Crippen molar-refractivity contribution in [3.8, 4) is 0 Å². The van der Waals surface area contributed by atoms with Crippen LogP contribution in [0.2, 0.25) is 0 Å². The SMILES string of the molecule is Cc1ccc(S(=O)(=O)N2CCOCC2)cc1C(=O)Nc1ccc(CCO)cc1. The lowest BCUT2D eigenvalue weighted by Crippen LogP contribution is -2.40. The number of hydrogen-bond acceptors (Lipinski definition) is 5. The molecule has 0 saturated carbocycles. The van der Waals surface area contributed by atoms with Crippen LogP contribution in [0.25, 0.3) is 0 Å². The summed E-state index contributed by atoms with van der Waals surface area (Å²) in [4.78, 5) is 12.8. The third-order valence-electron chi connectivity index (χ3n) is 4.67. The number of rotatable bonds is 6. The van der Waals surface area contributed by atoms with Crippen LogP contribution in [0.5, 0.6) is 0 Å². The van der Waals surface area contributed by atoms with Crippen molar-refractivity contribution >= 4 is 21.6 Å². The van der Waals surface area contributed by atoms with E-state index >= 15 is 0 Å². The van der Waals surface area contributed by atoms with Crippen LogP contribution in [0, 0.1) is 6.92 Å². The van der Waals surface area contributed by atoms with Crippen molar-refractivity contribution in [2.75, 3.05) is 38.2 Å². The number of sulfonamides is 1. The van der Waals surface area contributed by atoms with Gasteiger partial charge in [0.1, 0.15) is 0 Å². The molecule has 2 aromatic rings. The topological polar surface area (TPSA) is 95.9 Å². The van der Waals surface area contributed by atoms with Gasteiger partial charge in [0, 0.05) is 30.9 Å². The number of aryl methyl sites for hydroxylation is 1. The highest BCUT2D eigenvalue weighted by Gasteiger charge is 2.27. The number of hydrogen-bond donors (Lipinski definition) is 2. The minimum Gasteiger partial charge on any atom is -0.396 e. The molecule has 1 aliphatic heterocycles. The molecule has 2 N–H and O–H groups in total. The van der Waals surface area contributed by atoms with Gasteiger partial charge < -0.3 is 15.2 Å². The number of ether oxygens (including phenoxy) is 1. The predicted molar refractivity (Wildman–Crippen MR) is 106 cm³/mol. The largest absolute Gasteiger partial charge is 0.396 e. The molecule has 28 heavy (non-hydrogen) atoms. The number of amides is 1. The van der Waals surface area contributed by atoms with E-state index in [0.717, 1.165) is 5.56 Å². The normalized spacial score (nSPS) is 15.4. The van der Waals surface area contributed by atoms with Gasteiger partial charge in [-0.05, 0) is 48.7 Å². The molecule has 0 spiro atoms. The van der Waals surface area contributed by atoms with E-state index < -0.39 is 10.0 Å². The molecule has 150 valence electrons. The van der Waals surface area contributed by atoms with Gasteiger partial charge in [0.2, 0.25) is 10.0 Å². The Morgan fingerprint density at radius 1 is 1.14 bits per heavy atom. The fourth-order valence-corrected chi connectivity index (χ4v) is 4.46. The molecule has 3 rings (SSSR count). The first-order valence-corrected chi connectivity index (χ1v) is 10.6. The Morgan fingerprint density at radius 2 is 1.82 bits per heavy atom. The van der Waals surface area contributed by atoms with Crippen molar-refractivity contribution < 1.29 is 23.1 Å². The minimum absolute atomic E-state index is 0.0648. The quantitative estimate of drug-likeness (QED) is 0.765. The second-order valence-electron chi connectivity index (χ2n) is 6.62. The molecule has 1 amide bonds. The summed E-state index contributed by atoms with van der Waals surface area (Å²) in [5.74, 6) is -0.369. The fourth-order valence-electron chi connectivity index (χ4n) is 3.02. The van der Waals surface area contributed by atoms with Gasteiger partial charge in [-0.3, -0.25) is 4.79 Å². The zero-order chi connectivity index (χ0) is 20.1. The van der Waals surface area contributed by atoms with Gasteiger partial charge in [-0.25, -0.2) is 8.42 Å². The van der Waals surface area contributed by atoms with Crippen LogP contribution in [0.3, 0.4) is 0 Å². The van der Waals surface area contributed by atoms with Crippen molar-refractivity contribution in [1.82, 2.24) is 4.31 Å². The first-order chi connectivity index (χ1) is 13.4. The van der Waals surface area contributed by atoms with Crippen LogP contribution in [0.15, 0.2) is 47.4 Å². The third kappa shape index (κ3) is 4.59. The number of nitrogens with zero attached hydrogens (tertiary/aromatic N) is 1. The van der Waals surface area contributed by atoms with Gasteiger partial charge >= 0.3 is 0 Å². The third-order valence-corrected chi connectivity index (χ3v) is 6.57. The summed E-state index contributed by atoms with van der Waals surface area (Å²) >= 11 is 0. The molecule has 7 nitrogen and oxygen atoms in total. The zero-order valence-corrected chi connectivity index (χ0v) is 16.5. The van der Waals surface area contributed by atoms with E-state index in [0.29, 0.717) is 49.5 Å². The van der Waals surface area contributed by atoms with Crippen molar-refractivity contribution in [3.63, 3.8) is 0 Å². The van der Waals surface area contributed by atoms with Gasteiger partial charge in [0.15, 0.2) is 0 Å². The van der Waals surface area contributed by atoms with Crippen molar-refractivity contribution in [1.29, 1.82) is 0 Å². The molecular weight excluding hydrogens is 380 g/mol. The smallest absolute Gasteiger partial charge is 0.255 e. The first-order valence-electron chi connectivity index (χ1n) is 9.11. The fraction of sp³-hybridized carbons (Fsp3) is 0.350. The van der Waals surface area contributed by atoms with Crippen LogP contribution >= 0.6 is 0 Å². The van der Waals surface area contributed by atoms with Gasteiger partial charge in [0.25, 0.3) is 5.91 Å². The summed E-state index contributed by atoms with van der Waals surface area (Å²) < 4.78 is 32.3. The molecule has 0 atom stereocenters. The first kappa shape index (κ1) is 20.5. The number of benzene rings is 2. The Kier molecular flexibility index (Phi) is 6.46. The van der Waals surface area contributed by atoms with Gasteiger partial charge in [-0.2, -0.15) is 4.31 Å². The number of carbonyl (C=O) groups excluding carboxylic acids is 1. The molecule has 0 aliphatic carbocycles. The Balaban J connectivity index is 1.81. The maximum Gasteiger partial charge on any atom is 0.255 e. The highest BCUT2D eigenvalue weighted by atomic mass is 32.2. The van der Waals surface area contributed by atoms with Crippen molar-refractivity contribution in [2.24, 2.45) is 0 Å². The monoisotopic (exact) mass is 404 g/mol. The van der Waals surface area contributed by atoms with Crippen LogP contribution < -0.4 is 5.32 Å². The average molecular weight is 404 g/mol.